The lowest BCUT2D eigenvalue weighted by atomic mass is 9.83. The average molecular weight is 406 g/mol. The summed E-state index contributed by atoms with van der Waals surface area (Å²) >= 11 is 0. The predicted octanol–water partition coefficient (Wildman–Crippen LogP) is 3.34. The summed E-state index contributed by atoms with van der Waals surface area (Å²) in [6.45, 7) is 5.81. The normalized spacial score (nSPS) is 18.0. The molecule has 1 fully saturated rings. The standard InChI is InChI=1S/C23H26N4O3/c1-4-27-15(2)21-20(24-27)19(28)14-23(30-21)8-11-26(12-9-23)22(29)17-6-5-16-7-10-25(3)18(16)13-17/h5-7,10,13H,4,8-9,11-12,14H2,1-3H3. The van der Waals surface area contributed by atoms with Gasteiger partial charge in [-0.25, -0.2) is 0 Å². The van der Waals surface area contributed by atoms with Crippen molar-refractivity contribution in [3.05, 3.63) is 47.4 Å². The minimum atomic E-state index is -0.532. The Balaban J connectivity index is 1.34. The maximum Gasteiger partial charge on any atom is 0.253 e. The number of likely N-dealkylation sites (tertiary alicyclic amines) is 1. The van der Waals surface area contributed by atoms with E-state index < -0.39 is 5.60 Å². The second-order valence-electron chi connectivity index (χ2n) is 8.46. The van der Waals surface area contributed by atoms with Crippen LogP contribution in [0.2, 0.25) is 0 Å². The molecule has 1 aromatic carbocycles. The highest BCUT2D eigenvalue weighted by atomic mass is 16.5. The van der Waals surface area contributed by atoms with Crippen molar-refractivity contribution in [2.24, 2.45) is 7.05 Å². The van der Waals surface area contributed by atoms with E-state index in [1.807, 2.05) is 65.5 Å². The van der Waals surface area contributed by atoms with Gasteiger partial charge in [-0.15, -0.1) is 0 Å². The number of aryl methyl sites for hydroxylation is 2. The third kappa shape index (κ3) is 2.83. The topological polar surface area (TPSA) is 69.4 Å². The van der Waals surface area contributed by atoms with Gasteiger partial charge < -0.3 is 14.2 Å². The SMILES string of the molecule is CCn1nc2c(c1C)OC1(CCN(C(=O)c3ccc4ccn(C)c4c3)CC1)CC2=O. The van der Waals surface area contributed by atoms with E-state index in [4.69, 9.17) is 4.74 Å². The molecule has 0 aliphatic carbocycles. The van der Waals surface area contributed by atoms with Crippen LogP contribution in [0.5, 0.6) is 5.75 Å². The van der Waals surface area contributed by atoms with Gasteiger partial charge in [0.05, 0.1) is 12.1 Å². The molecule has 0 unspecified atom stereocenters. The third-order valence-electron chi connectivity index (χ3n) is 6.61. The number of ether oxygens (including phenoxy) is 1. The van der Waals surface area contributed by atoms with Crippen molar-refractivity contribution in [2.45, 2.75) is 45.3 Å². The number of carbonyl (C=O) groups is 2. The Labute approximate surface area is 175 Å². The van der Waals surface area contributed by atoms with Gasteiger partial charge in [0.25, 0.3) is 5.91 Å². The van der Waals surface area contributed by atoms with Gasteiger partial charge in [-0.3, -0.25) is 14.3 Å². The number of nitrogens with zero attached hydrogens (tertiary/aromatic N) is 4. The molecule has 7 nitrogen and oxygen atoms in total. The van der Waals surface area contributed by atoms with E-state index >= 15 is 0 Å². The fourth-order valence-corrected chi connectivity index (χ4v) is 4.75. The highest BCUT2D eigenvalue weighted by Crippen LogP contribution is 2.41. The summed E-state index contributed by atoms with van der Waals surface area (Å²) in [5.74, 6) is 0.702. The number of rotatable bonds is 2. The van der Waals surface area contributed by atoms with Gasteiger partial charge in [-0.1, -0.05) is 6.07 Å². The molecule has 1 saturated heterocycles. The fourth-order valence-electron chi connectivity index (χ4n) is 4.75. The average Bonchev–Trinajstić information content (AvgIpc) is 3.28. The fraction of sp³-hybridized carbons (Fsp3) is 0.435. The van der Waals surface area contributed by atoms with Gasteiger partial charge in [-0.05, 0) is 37.4 Å². The molecular weight excluding hydrogens is 380 g/mol. The lowest BCUT2D eigenvalue weighted by Crippen LogP contribution is -2.52. The summed E-state index contributed by atoms with van der Waals surface area (Å²) in [4.78, 5) is 27.7. The molecule has 1 spiro atoms. The largest absolute Gasteiger partial charge is 0.482 e. The molecule has 0 radical (unpaired) electrons. The van der Waals surface area contributed by atoms with Gasteiger partial charge >= 0.3 is 0 Å². The third-order valence-corrected chi connectivity index (χ3v) is 6.61. The molecular formula is C23H26N4O3. The van der Waals surface area contributed by atoms with Crippen LogP contribution < -0.4 is 4.74 Å². The van der Waals surface area contributed by atoms with Crippen molar-refractivity contribution in [1.29, 1.82) is 0 Å². The Morgan fingerprint density at radius 2 is 2.00 bits per heavy atom. The Bertz CT molecular complexity index is 1160. The molecule has 156 valence electrons. The van der Waals surface area contributed by atoms with Crippen LogP contribution in [0.25, 0.3) is 10.9 Å². The summed E-state index contributed by atoms with van der Waals surface area (Å²) in [5.41, 5.74) is 2.56. The number of piperidine rings is 1. The van der Waals surface area contributed by atoms with Crippen LogP contribution in [-0.2, 0) is 13.6 Å². The van der Waals surface area contributed by atoms with E-state index in [9.17, 15) is 9.59 Å². The van der Waals surface area contributed by atoms with Crippen LogP contribution in [-0.4, -0.2) is 49.6 Å². The first-order valence-electron chi connectivity index (χ1n) is 10.5. The van der Waals surface area contributed by atoms with E-state index in [0.29, 0.717) is 55.9 Å². The van der Waals surface area contributed by atoms with Gasteiger partial charge in [0.1, 0.15) is 5.60 Å². The van der Waals surface area contributed by atoms with Crippen molar-refractivity contribution >= 4 is 22.6 Å². The first kappa shape index (κ1) is 18.9. The number of amides is 1. The second kappa shape index (κ2) is 6.72. The zero-order valence-electron chi connectivity index (χ0n) is 17.6. The summed E-state index contributed by atoms with van der Waals surface area (Å²) < 4.78 is 10.2. The van der Waals surface area contributed by atoms with Crippen LogP contribution in [0.1, 0.15) is 52.7 Å². The van der Waals surface area contributed by atoms with Crippen molar-refractivity contribution in [2.75, 3.05) is 13.1 Å². The minimum Gasteiger partial charge on any atom is -0.482 e. The van der Waals surface area contributed by atoms with Crippen LogP contribution >= 0.6 is 0 Å². The Hall–Kier alpha value is -3.09. The van der Waals surface area contributed by atoms with Crippen LogP contribution in [0.3, 0.4) is 0 Å². The first-order valence-corrected chi connectivity index (χ1v) is 10.5. The highest BCUT2D eigenvalue weighted by Gasteiger charge is 2.45. The number of Topliss-reactive ketones (excluding diaryl/α,β-unsaturated/α-hetero) is 1. The number of fused-ring (bicyclic) bond motifs is 2. The molecule has 0 bridgehead atoms. The van der Waals surface area contributed by atoms with Gasteiger partial charge in [0.15, 0.2) is 17.2 Å². The predicted molar refractivity (Wildman–Crippen MR) is 113 cm³/mol. The van der Waals surface area contributed by atoms with Crippen molar-refractivity contribution in [3.63, 3.8) is 0 Å². The van der Waals surface area contributed by atoms with Crippen molar-refractivity contribution < 1.29 is 14.3 Å². The lowest BCUT2D eigenvalue weighted by Gasteiger charge is -2.43. The summed E-state index contributed by atoms with van der Waals surface area (Å²) in [6, 6.07) is 7.89. The number of aromatic nitrogens is 3. The van der Waals surface area contributed by atoms with Crippen molar-refractivity contribution in [1.82, 2.24) is 19.2 Å². The maximum absolute atomic E-state index is 13.1. The molecule has 0 saturated carbocycles. The molecule has 2 aromatic heterocycles. The Morgan fingerprint density at radius 3 is 2.73 bits per heavy atom. The smallest absolute Gasteiger partial charge is 0.253 e. The molecule has 3 aromatic rings. The number of carbonyl (C=O) groups excluding carboxylic acids is 2. The quantitative estimate of drug-likeness (QED) is 0.655. The summed E-state index contributed by atoms with van der Waals surface area (Å²) in [6.07, 6.45) is 3.62. The van der Waals surface area contributed by atoms with Crippen LogP contribution in [0.15, 0.2) is 30.5 Å². The maximum atomic E-state index is 13.1. The molecule has 5 rings (SSSR count). The molecule has 30 heavy (non-hydrogen) atoms. The zero-order chi connectivity index (χ0) is 21.0. The highest BCUT2D eigenvalue weighted by molar-refractivity contribution is 5.99. The van der Waals surface area contributed by atoms with E-state index in [-0.39, 0.29) is 11.7 Å². The monoisotopic (exact) mass is 406 g/mol. The molecule has 2 aliphatic heterocycles. The second-order valence-corrected chi connectivity index (χ2v) is 8.46. The van der Waals surface area contributed by atoms with Crippen LogP contribution in [0, 0.1) is 6.92 Å². The molecule has 4 heterocycles. The van der Waals surface area contributed by atoms with Crippen LogP contribution in [0.4, 0.5) is 0 Å². The van der Waals surface area contributed by atoms with E-state index in [2.05, 4.69) is 5.10 Å². The number of ketones is 1. The molecule has 0 atom stereocenters. The molecule has 2 aliphatic rings. The number of hydrogen-bond donors (Lipinski definition) is 0. The molecule has 1 amide bonds. The van der Waals surface area contributed by atoms with E-state index in [1.165, 1.54) is 0 Å². The Kier molecular flexibility index (Phi) is 4.24. The molecule has 0 N–H and O–H groups in total. The lowest BCUT2D eigenvalue weighted by molar-refractivity contribution is -0.00627. The summed E-state index contributed by atoms with van der Waals surface area (Å²) in [5, 5.41) is 5.54. The number of benzene rings is 1. The van der Waals surface area contributed by atoms with Crippen molar-refractivity contribution in [3.8, 4) is 5.75 Å². The minimum absolute atomic E-state index is 0.0331. The van der Waals surface area contributed by atoms with Gasteiger partial charge in [0, 0.05) is 56.8 Å². The Morgan fingerprint density at radius 1 is 1.23 bits per heavy atom. The summed E-state index contributed by atoms with van der Waals surface area (Å²) in [7, 11) is 1.98. The van der Waals surface area contributed by atoms with E-state index in [0.717, 1.165) is 16.6 Å². The van der Waals surface area contributed by atoms with E-state index in [1.54, 1.807) is 0 Å². The number of hydrogen-bond acceptors (Lipinski definition) is 4. The molecule has 7 heteroatoms. The van der Waals surface area contributed by atoms with Gasteiger partial charge in [0.2, 0.25) is 0 Å². The zero-order valence-corrected chi connectivity index (χ0v) is 17.6. The van der Waals surface area contributed by atoms with Gasteiger partial charge in [-0.2, -0.15) is 5.10 Å². The first-order chi connectivity index (χ1) is 14.4.